The van der Waals surface area contributed by atoms with Crippen molar-refractivity contribution < 1.29 is 40.1 Å². The second kappa shape index (κ2) is 8.39. The summed E-state index contributed by atoms with van der Waals surface area (Å²) in [4.78, 5) is 23.2. The molecule has 0 bridgehead atoms. The summed E-state index contributed by atoms with van der Waals surface area (Å²) in [7, 11) is -5.76. The highest BCUT2D eigenvalue weighted by molar-refractivity contribution is 7.88. The highest BCUT2D eigenvalue weighted by Gasteiger charge is 2.48. The molecule has 1 rings (SSSR count). The van der Waals surface area contributed by atoms with Crippen LogP contribution in [-0.4, -0.2) is 37.9 Å². The molecule has 1 aromatic rings. The van der Waals surface area contributed by atoms with Crippen LogP contribution in [-0.2, 0) is 30.9 Å². The van der Waals surface area contributed by atoms with Crippen molar-refractivity contribution >= 4 is 22.0 Å². The topological polar surface area (TPSA) is 98.8 Å². The van der Waals surface area contributed by atoms with E-state index in [1.54, 1.807) is 13.8 Å². The van der Waals surface area contributed by atoms with Crippen LogP contribution in [0.3, 0.4) is 0 Å². The Morgan fingerprint density at radius 1 is 1.15 bits per heavy atom. The van der Waals surface area contributed by atoms with Crippen LogP contribution in [0.25, 0.3) is 0 Å². The Hall–Kier alpha value is -2.30. The van der Waals surface area contributed by atoms with Gasteiger partial charge in [0.2, 0.25) is 5.91 Å². The fourth-order valence-corrected chi connectivity index (χ4v) is 2.30. The molecule has 0 unspecified atom stereocenters. The predicted molar refractivity (Wildman–Crippen MR) is 84.6 cm³/mol. The first kappa shape index (κ1) is 21.7. The third-order valence-corrected chi connectivity index (χ3v) is 3.85. The second-order valence-electron chi connectivity index (χ2n) is 5.57. The van der Waals surface area contributed by atoms with E-state index in [-0.39, 0.29) is 6.42 Å². The number of ether oxygens (including phenoxy) is 1. The average Bonchev–Trinajstić information content (AvgIpc) is 2.45. The number of benzene rings is 1. The summed E-state index contributed by atoms with van der Waals surface area (Å²) in [5, 5.41) is 2.42. The number of amides is 1. The molecule has 1 amide bonds. The highest BCUT2D eigenvalue weighted by Crippen LogP contribution is 2.27. The van der Waals surface area contributed by atoms with E-state index in [0.29, 0.717) is 5.56 Å². The minimum Gasteiger partial charge on any atom is -0.461 e. The van der Waals surface area contributed by atoms with E-state index < -0.39 is 45.4 Å². The molecule has 1 aromatic carbocycles. The zero-order valence-electron chi connectivity index (χ0n) is 14.2. The molecule has 1 N–H and O–H groups in total. The van der Waals surface area contributed by atoms with Crippen LogP contribution in [0.15, 0.2) is 24.3 Å². The quantitative estimate of drug-likeness (QED) is 0.429. The molecule has 26 heavy (non-hydrogen) atoms. The molecule has 0 radical (unpaired) electrons. The first-order chi connectivity index (χ1) is 11.8. The predicted octanol–water partition coefficient (Wildman–Crippen LogP) is 1.91. The summed E-state index contributed by atoms with van der Waals surface area (Å²) in [5.41, 5.74) is -5.09. The van der Waals surface area contributed by atoms with Crippen LogP contribution in [0.1, 0.15) is 26.3 Å². The van der Waals surface area contributed by atoms with Crippen LogP contribution in [0.5, 0.6) is 5.75 Å². The first-order valence-electron chi connectivity index (χ1n) is 7.39. The molecule has 0 aromatic heterocycles. The number of esters is 1. The molecule has 0 aliphatic carbocycles. The van der Waals surface area contributed by atoms with E-state index >= 15 is 0 Å². The molecule has 11 heteroatoms. The molecule has 0 aliphatic rings. The maximum absolute atomic E-state index is 12.3. The van der Waals surface area contributed by atoms with Gasteiger partial charge in [-0.3, -0.25) is 4.79 Å². The van der Waals surface area contributed by atoms with Crippen molar-refractivity contribution in [2.45, 2.75) is 44.8 Å². The van der Waals surface area contributed by atoms with E-state index in [0.717, 1.165) is 12.1 Å². The molecule has 0 saturated carbocycles. The van der Waals surface area contributed by atoms with Crippen molar-refractivity contribution in [2.24, 2.45) is 0 Å². The van der Waals surface area contributed by atoms with Crippen LogP contribution in [0.2, 0.25) is 0 Å². The van der Waals surface area contributed by atoms with Crippen molar-refractivity contribution in [3.8, 4) is 5.75 Å². The molecule has 7 nitrogen and oxygen atoms in total. The van der Waals surface area contributed by atoms with Gasteiger partial charge in [-0.05, 0) is 31.5 Å². The lowest BCUT2D eigenvalue weighted by Crippen LogP contribution is -2.43. The monoisotopic (exact) mass is 397 g/mol. The van der Waals surface area contributed by atoms with Gasteiger partial charge < -0.3 is 14.2 Å². The highest BCUT2D eigenvalue weighted by atomic mass is 32.2. The van der Waals surface area contributed by atoms with Gasteiger partial charge in [0.25, 0.3) is 0 Å². The van der Waals surface area contributed by atoms with E-state index in [2.05, 4.69) is 9.50 Å². The van der Waals surface area contributed by atoms with Crippen molar-refractivity contribution in [3.63, 3.8) is 0 Å². The molecule has 1 atom stereocenters. The van der Waals surface area contributed by atoms with E-state index in [9.17, 15) is 31.2 Å². The largest absolute Gasteiger partial charge is 0.534 e. The Labute approximate surface area is 148 Å². The summed E-state index contributed by atoms with van der Waals surface area (Å²) >= 11 is 0. The number of nitrogens with one attached hydrogen (secondary N) is 1. The number of carbonyl (C=O) groups is 2. The number of rotatable bonds is 7. The standard InChI is InChI=1S/C15H18F3NO6S/c1-9(2)24-14(21)13(19-10(3)20)8-11-4-6-12(7-5-11)25-26(22,23)15(16,17)18/h4-7,9,13H,8H2,1-3H3,(H,19,20)/t13-/m0/s1. The molecule has 0 aliphatic heterocycles. The van der Waals surface area contributed by atoms with Crippen molar-refractivity contribution in [1.29, 1.82) is 0 Å². The smallest absolute Gasteiger partial charge is 0.461 e. The molecule has 0 spiro atoms. The van der Waals surface area contributed by atoms with Crippen molar-refractivity contribution in [2.75, 3.05) is 0 Å². The van der Waals surface area contributed by atoms with Gasteiger partial charge in [-0.2, -0.15) is 21.6 Å². The number of hydrogen-bond acceptors (Lipinski definition) is 6. The van der Waals surface area contributed by atoms with Crippen LogP contribution in [0.4, 0.5) is 13.2 Å². The van der Waals surface area contributed by atoms with Crippen molar-refractivity contribution in [1.82, 2.24) is 5.32 Å². The molecule has 0 heterocycles. The van der Waals surface area contributed by atoms with Gasteiger partial charge >= 0.3 is 21.6 Å². The van der Waals surface area contributed by atoms with Crippen molar-refractivity contribution in [3.05, 3.63) is 29.8 Å². The Bertz CT molecular complexity index is 744. The minimum atomic E-state index is -5.76. The van der Waals surface area contributed by atoms with Gasteiger partial charge in [-0.1, -0.05) is 12.1 Å². The Morgan fingerprint density at radius 3 is 2.12 bits per heavy atom. The lowest BCUT2D eigenvalue weighted by atomic mass is 10.1. The zero-order valence-corrected chi connectivity index (χ0v) is 15.0. The fourth-order valence-electron chi connectivity index (χ4n) is 1.84. The van der Waals surface area contributed by atoms with E-state index in [4.69, 9.17) is 4.74 Å². The minimum absolute atomic E-state index is 0.00255. The maximum atomic E-state index is 12.3. The average molecular weight is 397 g/mol. The Kier molecular flexibility index (Phi) is 7.01. The van der Waals surface area contributed by atoms with Gasteiger partial charge in [0.1, 0.15) is 11.8 Å². The van der Waals surface area contributed by atoms with Gasteiger partial charge in [-0.25, -0.2) is 4.79 Å². The second-order valence-corrected chi connectivity index (χ2v) is 7.11. The van der Waals surface area contributed by atoms with Crippen LogP contribution < -0.4 is 9.50 Å². The Balaban J connectivity index is 2.89. The summed E-state index contributed by atoms with van der Waals surface area (Å²) in [6, 6.07) is 3.58. The van der Waals surface area contributed by atoms with Gasteiger partial charge in [-0.15, -0.1) is 0 Å². The lowest BCUT2D eigenvalue weighted by molar-refractivity contribution is -0.151. The third kappa shape index (κ3) is 6.54. The maximum Gasteiger partial charge on any atom is 0.534 e. The fraction of sp³-hybridized carbons (Fsp3) is 0.467. The first-order valence-corrected chi connectivity index (χ1v) is 8.80. The zero-order chi connectivity index (χ0) is 20.1. The molecule has 0 fully saturated rings. The normalized spacial score (nSPS) is 13.2. The summed E-state index contributed by atoms with van der Waals surface area (Å²) in [6.07, 6.45) is -0.403. The number of halogens is 3. The molecular formula is C15H18F3NO6S. The number of hydrogen-bond donors (Lipinski definition) is 1. The molecule has 146 valence electrons. The van der Waals surface area contributed by atoms with Gasteiger partial charge in [0, 0.05) is 13.3 Å². The summed E-state index contributed by atoms with van der Waals surface area (Å²) in [5.74, 6) is -1.67. The molecular weight excluding hydrogens is 379 g/mol. The van der Waals surface area contributed by atoms with Gasteiger partial charge in [0.15, 0.2) is 0 Å². The summed E-state index contributed by atoms with van der Waals surface area (Å²) in [6.45, 7) is 4.49. The van der Waals surface area contributed by atoms with E-state index in [1.165, 1.54) is 19.1 Å². The lowest BCUT2D eigenvalue weighted by Gasteiger charge is -2.18. The van der Waals surface area contributed by atoms with Crippen LogP contribution in [0, 0.1) is 0 Å². The van der Waals surface area contributed by atoms with E-state index in [1.807, 2.05) is 0 Å². The third-order valence-electron chi connectivity index (χ3n) is 2.87. The SMILES string of the molecule is CC(=O)N[C@@H](Cc1ccc(OS(=O)(=O)C(F)(F)F)cc1)C(=O)OC(C)C. The number of carbonyl (C=O) groups excluding carboxylic acids is 2. The van der Waals surface area contributed by atoms with Crippen LogP contribution >= 0.6 is 0 Å². The van der Waals surface area contributed by atoms with Gasteiger partial charge in [0.05, 0.1) is 6.10 Å². The summed E-state index contributed by atoms with van der Waals surface area (Å²) < 4.78 is 67.7. The number of alkyl halides is 3. The Morgan fingerprint density at radius 2 is 1.69 bits per heavy atom. The molecule has 0 saturated heterocycles.